The van der Waals surface area contributed by atoms with E-state index >= 15 is 0 Å². The Morgan fingerprint density at radius 3 is 2.31 bits per heavy atom. The largest absolute Gasteiger partial charge is 0.497 e. The third kappa shape index (κ3) is 5.38. The van der Waals surface area contributed by atoms with Crippen molar-refractivity contribution in [3.63, 3.8) is 0 Å². The van der Waals surface area contributed by atoms with Crippen molar-refractivity contribution < 1.29 is 13.9 Å². The highest BCUT2D eigenvalue weighted by Crippen LogP contribution is 2.29. The van der Waals surface area contributed by atoms with Gasteiger partial charge < -0.3 is 14.5 Å². The van der Waals surface area contributed by atoms with Gasteiger partial charge in [0.25, 0.3) is 5.22 Å². The predicted molar refractivity (Wildman–Crippen MR) is 115 cm³/mol. The number of ether oxygens (including phenoxy) is 1. The molecule has 6 nitrogen and oxygen atoms in total. The van der Waals surface area contributed by atoms with Gasteiger partial charge in [0.1, 0.15) is 5.75 Å². The Morgan fingerprint density at radius 2 is 1.72 bits per heavy atom. The Balaban J connectivity index is 1.62. The Kier molecular flexibility index (Phi) is 6.27. The van der Waals surface area contributed by atoms with Gasteiger partial charge in [0.05, 0.1) is 12.4 Å². The lowest BCUT2D eigenvalue weighted by molar-refractivity contribution is -0.115. The molecule has 1 N–H and O–H groups in total. The van der Waals surface area contributed by atoms with Gasteiger partial charge in [0.2, 0.25) is 11.8 Å². The number of carbonyl (C=O) groups is 1. The zero-order valence-corrected chi connectivity index (χ0v) is 18.0. The van der Waals surface area contributed by atoms with Crippen LogP contribution in [0.2, 0.25) is 0 Å². The molecular weight excluding hydrogens is 386 g/mol. The minimum absolute atomic E-state index is 0.0844. The summed E-state index contributed by atoms with van der Waals surface area (Å²) in [6, 6.07) is 15.3. The van der Waals surface area contributed by atoms with Crippen LogP contribution < -0.4 is 10.1 Å². The van der Waals surface area contributed by atoms with Crippen LogP contribution in [-0.4, -0.2) is 28.5 Å². The molecule has 1 amide bonds. The second kappa shape index (κ2) is 8.69. The van der Waals surface area contributed by atoms with Crippen molar-refractivity contribution in [3.8, 4) is 17.2 Å². The zero-order chi connectivity index (χ0) is 21.0. The molecule has 0 bridgehead atoms. The maximum atomic E-state index is 12.4. The maximum Gasteiger partial charge on any atom is 0.277 e. The normalized spacial score (nSPS) is 12.4. The van der Waals surface area contributed by atoms with Crippen LogP contribution in [0.4, 0.5) is 5.69 Å². The summed E-state index contributed by atoms with van der Waals surface area (Å²) < 4.78 is 10.9. The SMILES string of the molecule is COc1ccc(NC(=O)[C@@H](C)Sc2nnc(-c3ccc(C(C)(C)C)cc3)o2)cc1. The van der Waals surface area contributed by atoms with E-state index in [1.807, 2.05) is 12.1 Å². The van der Waals surface area contributed by atoms with Gasteiger partial charge in [-0.3, -0.25) is 4.79 Å². The first-order valence-electron chi connectivity index (χ1n) is 9.32. The number of rotatable bonds is 6. The first kappa shape index (κ1) is 20.9. The molecule has 2 aromatic carbocycles. The van der Waals surface area contributed by atoms with E-state index < -0.39 is 5.25 Å². The summed E-state index contributed by atoms with van der Waals surface area (Å²) in [5, 5.41) is 11.0. The van der Waals surface area contributed by atoms with Gasteiger partial charge in [0, 0.05) is 11.3 Å². The topological polar surface area (TPSA) is 77.2 Å². The molecule has 1 aromatic heterocycles. The first-order chi connectivity index (χ1) is 13.8. The number of thioether (sulfide) groups is 1. The molecule has 7 heteroatoms. The van der Waals surface area contributed by atoms with Crippen LogP contribution in [-0.2, 0) is 10.2 Å². The summed E-state index contributed by atoms with van der Waals surface area (Å²) >= 11 is 1.22. The lowest BCUT2D eigenvalue weighted by Gasteiger charge is -2.18. The smallest absolute Gasteiger partial charge is 0.277 e. The molecule has 0 fully saturated rings. The Bertz CT molecular complexity index is 960. The standard InChI is InChI=1S/C22H25N3O3S/c1-14(19(26)23-17-10-12-18(27-5)13-11-17)29-21-25-24-20(28-21)15-6-8-16(9-7-15)22(2,3)4/h6-14H,1-5H3,(H,23,26)/t14-/m1/s1. The third-order valence-electron chi connectivity index (χ3n) is 4.41. The van der Waals surface area contributed by atoms with Crippen molar-refractivity contribution in [1.29, 1.82) is 0 Å². The fraction of sp³-hybridized carbons (Fsp3) is 0.318. The lowest BCUT2D eigenvalue weighted by atomic mass is 9.87. The highest BCUT2D eigenvalue weighted by molar-refractivity contribution is 8.00. The lowest BCUT2D eigenvalue weighted by Crippen LogP contribution is -2.22. The predicted octanol–water partition coefficient (Wildman–Crippen LogP) is 5.16. The van der Waals surface area contributed by atoms with Crippen molar-refractivity contribution in [2.75, 3.05) is 12.4 Å². The molecule has 0 aliphatic rings. The molecule has 0 aliphatic carbocycles. The number of nitrogens with zero attached hydrogens (tertiary/aromatic N) is 2. The number of nitrogens with one attached hydrogen (secondary N) is 1. The highest BCUT2D eigenvalue weighted by Gasteiger charge is 2.19. The fourth-order valence-electron chi connectivity index (χ4n) is 2.61. The zero-order valence-electron chi connectivity index (χ0n) is 17.2. The van der Waals surface area contributed by atoms with Gasteiger partial charge in [0.15, 0.2) is 0 Å². The molecule has 0 saturated heterocycles. The second-order valence-electron chi connectivity index (χ2n) is 7.68. The van der Waals surface area contributed by atoms with E-state index in [-0.39, 0.29) is 11.3 Å². The molecule has 3 aromatic rings. The Labute approximate surface area is 175 Å². The number of benzene rings is 2. The van der Waals surface area contributed by atoms with Crippen LogP contribution >= 0.6 is 11.8 Å². The highest BCUT2D eigenvalue weighted by atomic mass is 32.2. The van der Waals surface area contributed by atoms with Crippen molar-refractivity contribution in [2.24, 2.45) is 0 Å². The van der Waals surface area contributed by atoms with Crippen LogP contribution in [0, 0.1) is 0 Å². The quantitative estimate of drug-likeness (QED) is 0.565. The monoisotopic (exact) mass is 411 g/mol. The molecule has 0 spiro atoms. The Hall–Kier alpha value is -2.80. The van der Waals surface area contributed by atoms with E-state index in [0.717, 1.165) is 11.3 Å². The molecule has 152 valence electrons. The number of amides is 1. The van der Waals surface area contributed by atoms with E-state index in [2.05, 4.69) is 48.4 Å². The minimum Gasteiger partial charge on any atom is -0.497 e. The third-order valence-corrected chi connectivity index (χ3v) is 5.34. The van der Waals surface area contributed by atoms with Crippen molar-refractivity contribution >= 4 is 23.4 Å². The number of hydrogen-bond acceptors (Lipinski definition) is 6. The van der Waals surface area contributed by atoms with E-state index in [1.54, 1.807) is 38.3 Å². The molecule has 0 aliphatic heterocycles. The molecule has 1 atom stereocenters. The van der Waals surface area contributed by atoms with E-state index in [0.29, 0.717) is 16.8 Å². The Morgan fingerprint density at radius 1 is 1.07 bits per heavy atom. The number of anilines is 1. The van der Waals surface area contributed by atoms with Crippen LogP contribution in [0.15, 0.2) is 58.2 Å². The average Bonchev–Trinajstić information content (AvgIpc) is 3.16. The van der Waals surface area contributed by atoms with Crippen molar-refractivity contribution in [1.82, 2.24) is 10.2 Å². The first-order valence-corrected chi connectivity index (χ1v) is 10.2. The molecule has 29 heavy (non-hydrogen) atoms. The van der Waals surface area contributed by atoms with Gasteiger partial charge >= 0.3 is 0 Å². The second-order valence-corrected chi connectivity index (χ2v) is 8.97. The number of methoxy groups -OCH3 is 1. The van der Waals surface area contributed by atoms with E-state index in [4.69, 9.17) is 9.15 Å². The van der Waals surface area contributed by atoms with Gasteiger partial charge in [-0.05, 0) is 54.3 Å². The van der Waals surface area contributed by atoms with Crippen LogP contribution in [0.1, 0.15) is 33.3 Å². The molecule has 0 radical (unpaired) electrons. The summed E-state index contributed by atoms with van der Waals surface area (Å²) in [6.45, 7) is 8.30. The summed E-state index contributed by atoms with van der Waals surface area (Å²) in [5.74, 6) is 1.03. The van der Waals surface area contributed by atoms with Gasteiger partial charge in [-0.15, -0.1) is 10.2 Å². The van der Waals surface area contributed by atoms with Gasteiger partial charge in [-0.25, -0.2) is 0 Å². The molecule has 0 unspecified atom stereocenters. The fourth-order valence-corrected chi connectivity index (χ4v) is 3.29. The average molecular weight is 412 g/mol. The summed E-state index contributed by atoms with van der Waals surface area (Å²) in [7, 11) is 1.60. The van der Waals surface area contributed by atoms with Gasteiger partial charge in [-0.2, -0.15) is 0 Å². The maximum absolute atomic E-state index is 12.4. The van der Waals surface area contributed by atoms with Crippen LogP contribution in [0.25, 0.3) is 11.5 Å². The van der Waals surface area contributed by atoms with Crippen molar-refractivity contribution in [3.05, 3.63) is 54.1 Å². The van der Waals surface area contributed by atoms with Crippen LogP contribution in [0.5, 0.6) is 5.75 Å². The molecule has 3 rings (SSSR count). The molecule has 0 saturated carbocycles. The number of carbonyl (C=O) groups excluding carboxylic acids is 1. The van der Waals surface area contributed by atoms with Gasteiger partial charge in [-0.1, -0.05) is 44.7 Å². The van der Waals surface area contributed by atoms with E-state index in [9.17, 15) is 4.79 Å². The van der Waals surface area contributed by atoms with Crippen LogP contribution in [0.3, 0.4) is 0 Å². The molecule has 1 heterocycles. The number of hydrogen-bond donors (Lipinski definition) is 1. The van der Waals surface area contributed by atoms with E-state index in [1.165, 1.54) is 17.3 Å². The molecular formula is C22H25N3O3S. The summed E-state index contributed by atoms with van der Waals surface area (Å²) in [5.41, 5.74) is 2.88. The number of aromatic nitrogens is 2. The summed E-state index contributed by atoms with van der Waals surface area (Å²) in [4.78, 5) is 12.4. The summed E-state index contributed by atoms with van der Waals surface area (Å²) in [6.07, 6.45) is 0. The van der Waals surface area contributed by atoms with Crippen molar-refractivity contribution in [2.45, 2.75) is 43.6 Å². The minimum atomic E-state index is -0.395.